The summed E-state index contributed by atoms with van der Waals surface area (Å²) in [7, 11) is 0. The van der Waals surface area contributed by atoms with E-state index in [0.29, 0.717) is 0 Å². The zero-order valence-electron chi connectivity index (χ0n) is 11.7. The number of nitrogens with two attached hydrogens (primary N) is 1. The quantitative estimate of drug-likeness (QED) is 0.777. The van der Waals surface area contributed by atoms with Gasteiger partial charge in [-0.25, -0.2) is 0 Å². The van der Waals surface area contributed by atoms with Crippen molar-refractivity contribution in [1.82, 2.24) is 0 Å². The molecule has 1 fully saturated rings. The van der Waals surface area contributed by atoms with Crippen molar-refractivity contribution in [3.63, 3.8) is 0 Å². The van der Waals surface area contributed by atoms with Gasteiger partial charge in [0.15, 0.2) is 0 Å². The molecule has 0 bridgehead atoms. The molecule has 0 amide bonds. The third kappa shape index (κ3) is 2.64. The molecule has 18 heavy (non-hydrogen) atoms. The van der Waals surface area contributed by atoms with Crippen molar-refractivity contribution in [2.24, 2.45) is 5.73 Å². The minimum absolute atomic E-state index is 0.160. The second-order valence-corrected chi connectivity index (χ2v) is 6.59. The highest BCUT2D eigenvalue weighted by molar-refractivity contribution is 5.82. The van der Waals surface area contributed by atoms with E-state index in [1.165, 1.54) is 11.1 Å². The molecule has 2 rings (SSSR count). The molecule has 0 spiro atoms. The molecule has 98 valence electrons. The van der Waals surface area contributed by atoms with E-state index in [2.05, 4.69) is 45.0 Å². The Morgan fingerprint density at radius 1 is 1.17 bits per heavy atom. The van der Waals surface area contributed by atoms with E-state index in [-0.39, 0.29) is 11.0 Å². The number of rotatable bonds is 1. The second-order valence-electron chi connectivity index (χ2n) is 6.59. The Morgan fingerprint density at radius 2 is 1.78 bits per heavy atom. The molecule has 1 aromatic carbocycles. The van der Waals surface area contributed by atoms with Gasteiger partial charge in [-0.15, -0.1) is 0 Å². The predicted molar refractivity (Wildman–Crippen MR) is 77.2 cm³/mol. The van der Waals surface area contributed by atoms with Gasteiger partial charge in [0.1, 0.15) is 0 Å². The van der Waals surface area contributed by atoms with Crippen LogP contribution in [0.1, 0.15) is 57.6 Å². The molecule has 0 saturated heterocycles. The molecule has 0 aliphatic heterocycles. The standard InChI is InChI=1S/C16H24N2/c1-15(2,3)12-5-4-6-13(11-12)16(18)9-7-14(17)8-10-16/h4-6,11,17H,7-10,18H2,1-3H3. The fraction of sp³-hybridized carbons (Fsp3) is 0.562. The highest BCUT2D eigenvalue weighted by Crippen LogP contribution is 2.35. The Bertz CT molecular complexity index is 444. The zero-order valence-corrected chi connectivity index (χ0v) is 11.7. The van der Waals surface area contributed by atoms with Crippen LogP contribution in [0.4, 0.5) is 0 Å². The van der Waals surface area contributed by atoms with Gasteiger partial charge in [0.2, 0.25) is 0 Å². The Morgan fingerprint density at radius 3 is 2.33 bits per heavy atom. The number of benzene rings is 1. The fourth-order valence-electron chi connectivity index (χ4n) is 2.58. The summed E-state index contributed by atoms with van der Waals surface area (Å²) in [6.07, 6.45) is 3.49. The molecule has 0 heterocycles. The molecule has 0 aromatic heterocycles. The van der Waals surface area contributed by atoms with Crippen molar-refractivity contribution in [3.8, 4) is 0 Å². The van der Waals surface area contributed by atoms with Crippen molar-refractivity contribution >= 4 is 5.71 Å². The van der Waals surface area contributed by atoms with Gasteiger partial charge in [-0.1, -0.05) is 45.0 Å². The van der Waals surface area contributed by atoms with E-state index in [0.717, 1.165) is 31.4 Å². The van der Waals surface area contributed by atoms with E-state index >= 15 is 0 Å². The van der Waals surface area contributed by atoms with Crippen LogP contribution in [0.5, 0.6) is 0 Å². The molecule has 0 radical (unpaired) electrons. The first-order valence-electron chi connectivity index (χ1n) is 6.77. The average Bonchev–Trinajstić information content (AvgIpc) is 2.32. The summed E-state index contributed by atoms with van der Waals surface area (Å²) in [5, 5.41) is 7.71. The Kier molecular flexibility index (Phi) is 3.33. The third-order valence-corrected chi connectivity index (χ3v) is 4.05. The van der Waals surface area contributed by atoms with Gasteiger partial charge in [0, 0.05) is 11.3 Å². The zero-order chi connectivity index (χ0) is 13.4. The van der Waals surface area contributed by atoms with Crippen molar-refractivity contribution in [3.05, 3.63) is 35.4 Å². The van der Waals surface area contributed by atoms with E-state index in [9.17, 15) is 0 Å². The lowest BCUT2D eigenvalue weighted by atomic mass is 9.75. The van der Waals surface area contributed by atoms with E-state index in [1.807, 2.05) is 0 Å². The highest BCUT2D eigenvalue weighted by atomic mass is 14.8. The van der Waals surface area contributed by atoms with Crippen LogP contribution in [0.3, 0.4) is 0 Å². The van der Waals surface area contributed by atoms with Gasteiger partial charge >= 0.3 is 0 Å². The summed E-state index contributed by atoms with van der Waals surface area (Å²) in [6.45, 7) is 6.68. The van der Waals surface area contributed by atoms with Crippen LogP contribution in [-0.2, 0) is 11.0 Å². The monoisotopic (exact) mass is 244 g/mol. The maximum absolute atomic E-state index is 7.71. The topological polar surface area (TPSA) is 49.9 Å². The van der Waals surface area contributed by atoms with Gasteiger partial charge in [-0.2, -0.15) is 0 Å². The second kappa shape index (κ2) is 4.51. The number of nitrogens with one attached hydrogen (secondary N) is 1. The molecule has 2 heteroatoms. The summed E-state index contributed by atoms with van der Waals surface area (Å²) in [4.78, 5) is 0. The fourth-order valence-corrected chi connectivity index (χ4v) is 2.58. The van der Waals surface area contributed by atoms with E-state index < -0.39 is 0 Å². The van der Waals surface area contributed by atoms with Crippen molar-refractivity contribution in [2.45, 2.75) is 57.4 Å². The molecule has 1 aliphatic rings. The summed E-state index contributed by atoms with van der Waals surface area (Å²) in [5.74, 6) is 0. The molecule has 1 aromatic rings. The molecular weight excluding hydrogens is 220 g/mol. The molecular formula is C16H24N2. The van der Waals surface area contributed by atoms with Crippen LogP contribution in [0.25, 0.3) is 0 Å². The molecule has 3 N–H and O–H groups in total. The summed E-state index contributed by atoms with van der Waals surface area (Å²) >= 11 is 0. The maximum Gasteiger partial charge on any atom is 0.0417 e. The molecule has 1 saturated carbocycles. The lowest BCUT2D eigenvalue weighted by Gasteiger charge is -2.35. The first-order valence-corrected chi connectivity index (χ1v) is 6.77. The van der Waals surface area contributed by atoms with Crippen LogP contribution in [0.15, 0.2) is 24.3 Å². The van der Waals surface area contributed by atoms with Crippen LogP contribution in [0.2, 0.25) is 0 Å². The Balaban J connectivity index is 2.31. The number of hydrogen-bond donors (Lipinski definition) is 2. The molecule has 2 nitrogen and oxygen atoms in total. The number of hydrogen-bond acceptors (Lipinski definition) is 2. The molecule has 0 atom stereocenters. The summed E-state index contributed by atoms with van der Waals surface area (Å²) < 4.78 is 0. The van der Waals surface area contributed by atoms with Gasteiger partial charge in [-0.3, -0.25) is 0 Å². The Labute approximate surface area is 110 Å². The van der Waals surface area contributed by atoms with Crippen molar-refractivity contribution < 1.29 is 0 Å². The lowest BCUT2D eigenvalue weighted by molar-refractivity contribution is 0.368. The van der Waals surface area contributed by atoms with Gasteiger partial charge < -0.3 is 11.1 Å². The smallest absolute Gasteiger partial charge is 0.0417 e. The summed E-state index contributed by atoms with van der Waals surface area (Å²) in [6, 6.07) is 8.70. The first kappa shape index (κ1) is 13.3. The van der Waals surface area contributed by atoms with E-state index in [4.69, 9.17) is 11.1 Å². The first-order chi connectivity index (χ1) is 8.31. The normalized spacial score (nSPS) is 25.2. The highest BCUT2D eigenvalue weighted by Gasteiger charge is 2.31. The van der Waals surface area contributed by atoms with Gasteiger partial charge in [0.25, 0.3) is 0 Å². The van der Waals surface area contributed by atoms with Crippen LogP contribution in [0, 0.1) is 5.41 Å². The minimum atomic E-state index is -0.230. The van der Waals surface area contributed by atoms with Gasteiger partial charge in [0.05, 0.1) is 0 Å². The maximum atomic E-state index is 7.71. The minimum Gasteiger partial charge on any atom is -0.321 e. The Hall–Kier alpha value is -1.15. The van der Waals surface area contributed by atoms with Crippen LogP contribution in [-0.4, -0.2) is 5.71 Å². The average molecular weight is 244 g/mol. The molecule has 1 aliphatic carbocycles. The summed E-state index contributed by atoms with van der Waals surface area (Å²) in [5.41, 5.74) is 9.92. The molecule has 0 unspecified atom stereocenters. The lowest BCUT2D eigenvalue weighted by Crippen LogP contribution is -2.40. The third-order valence-electron chi connectivity index (χ3n) is 4.05. The van der Waals surface area contributed by atoms with E-state index in [1.54, 1.807) is 0 Å². The van der Waals surface area contributed by atoms with Crippen molar-refractivity contribution in [1.29, 1.82) is 5.41 Å². The van der Waals surface area contributed by atoms with Crippen LogP contribution < -0.4 is 5.73 Å². The SMILES string of the molecule is CC(C)(C)c1cccc(C2(N)CCC(=N)CC2)c1. The van der Waals surface area contributed by atoms with Gasteiger partial charge in [-0.05, 0) is 42.2 Å². The predicted octanol–water partition coefficient (Wildman–Crippen LogP) is 3.73. The largest absolute Gasteiger partial charge is 0.321 e. The van der Waals surface area contributed by atoms with Crippen LogP contribution >= 0.6 is 0 Å². The van der Waals surface area contributed by atoms with Crippen molar-refractivity contribution in [2.75, 3.05) is 0 Å².